The Balaban J connectivity index is 2.03. The van der Waals surface area contributed by atoms with Gasteiger partial charge < -0.3 is 15.5 Å². The number of thiocarbonyl (C=S) groups is 1. The maximum atomic E-state index is 12.3. The summed E-state index contributed by atoms with van der Waals surface area (Å²) in [5.74, 6) is -0.0302. The van der Waals surface area contributed by atoms with Crippen LogP contribution in [0.3, 0.4) is 0 Å². The topological polar surface area (TPSA) is 44.4 Å². The van der Waals surface area contributed by atoms with Crippen LogP contribution in [0.2, 0.25) is 5.02 Å². The Hall–Kier alpha value is -1.33. The fraction of sp³-hybridized carbons (Fsp3) is 0.385. The average molecular weight is 298 g/mol. The highest BCUT2D eigenvalue weighted by molar-refractivity contribution is 7.80. The molecule has 0 spiro atoms. The van der Waals surface area contributed by atoms with Crippen LogP contribution >= 0.6 is 23.8 Å². The molecular formula is C13H16ClN3OS. The van der Waals surface area contributed by atoms with E-state index in [4.69, 9.17) is 23.8 Å². The number of carbonyl (C=O) groups is 1. The van der Waals surface area contributed by atoms with Crippen LogP contribution in [0.5, 0.6) is 0 Å². The highest BCUT2D eigenvalue weighted by Gasteiger charge is 2.31. The van der Waals surface area contributed by atoms with E-state index >= 15 is 0 Å². The Kier molecular flexibility index (Phi) is 4.61. The van der Waals surface area contributed by atoms with Gasteiger partial charge in [0.1, 0.15) is 6.04 Å². The molecule has 0 aliphatic carbocycles. The molecule has 1 atom stereocenters. The van der Waals surface area contributed by atoms with E-state index < -0.39 is 0 Å². The second-order valence-corrected chi connectivity index (χ2v) is 5.23. The lowest BCUT2D eigenvalue weighted by atomic mass is 10.2. The summed E-state index contributed by atoms with van der Waals surface area (Å²) in [5.41, 5.74) is 0.747. The van der Waals surface area contributed by atoms with Crippen LogP contribution in [0.4, 0.5) is 5.69 Å². The van der Waals surface area contributed by atoms with Crippen LogP contribution in [0, 0.1) is 0 Å². The molecule has 1 aliphatic rings. The van der Waals surface area contributed by atoms with Crippen LogP contribution < -0.4 is 10.6 Å². The van der Waals surface area contributed by atoms with Crippen molar-refractivity contribution in [3.63, 3.8) is 0 Å². The lowest BCUT2D eigenvalue weighted by Crippen LogP contribution is -2.46. The smallest absolute Gasteiger partial charge is 0.247 e. The van der Waals surface area contributed by atoms with Crippen molar-refractivity contribution in [3.8, 4) is 0 Å². The lowest BCUT2D eigenvalue weighted by Gasteiger charge is -2.25. The quantitative estimate of drug-likeness (QED) is 0.822. The van der Waals surface area contributed by atoms with E-state index in [9.17, 15) is 4.79 Å². The lowest BCUT2D eigenvalue weighted by molar-refractivity contribution is -0.119. The van der Waals surface area contributed by atoms with Gasteiger partial charge in [0, 0.05) is 24.3 Å². The van der Waals surface area contributed by atoms with E-state index in [-0.39, 0.29) is 11.9 Å². The van der Waals surface area contributed by atoms with Crippen LogP contribution in [0.25, 0.3) is 0 Å². The molecule has 4 nitrogen and oxygen atoms in total. The Morgan fingerprint density at radius 2 is 2.11 bits per heavy atom. The second-order valence-electron chi connectivity index (χ2n) is 4.40. The molecule has 1 fully saturated rings. The van der Waals surface area contributed by atoms with Crippen molar-refractivity contribution in [2.45, 2.75) is 18.9 Å². The molecule has 1 aliphatic heterocycles. The summed E-state index contributed by atoms with van der Waals surface area (Å²) >= 11 is 11.0. The van der Waals surface area contributed by atoms with Crippen LogP contribution in [0.1, 0.15) is 12.8 Å². The third-order valence-electron chi connectivity index (χ3n) is 3.14. The van der Waals surface area contributed by atoms with Gasteiger partial charge in [-0.2, -0.15) is 0 Å². The minimum Gasteiger partial charge on any atom is -0.366 e. The molecule has 19 heavy (non-hydrogen) atoms. The Morgan fingerprint density at radius 3 is 2.74 bits per heavy atom. The monoisotopic (exact) mass is 297 g/mol. The minimum absolute atomic E-state index is 0.0302. The number of hydrogen-bond donors (Lipinski definition) is 2. The number of benzene rings is 1. The molecule has 0 radical (unpaired) electrons. The largest absolute Gasteiger partial charge is 0.366 e. The van der Waals surface area contributed by atoms with Gasteiger partial charge in [-0.15, -0.1) is 0 Å². The molecule has 1 aromatic carbocycles. The van der Waals surface area contributed by atoms with Gasteiger partial charge in [-0.05, 0) is 49.3 Å². The van der Waals surface area contributed by atoms with Crippen molar-refractivity contribution >= 4 is 40.5 Å². The highest BCUT2D eigenvalue weighted by Crippen LogP contribution is 2.20. The number of likely N-dealkylation sites (tertiary alicyclic amines) is 1. The number of amides is 1. The summed E-state index contributed by atoms with van der Waals surface area (Å²) < 4.78 is 0. The molecule has 0 bridgehead atoms. The fourth-order valence-corrected chi connectivity index (χ4v) is 2.53. The number of nitrogens with one attached hydrogen (secondary N) is 2. The third kappa shape index (κ3) is 3.36. The summed E-state index contributed by atoms with van der Waals surface area (Å²) in [7, 11) is 1.77. The van der Waals surface area contributed by atoms with E-state index in [1.54, 1.807) is 31.3 Å². The Labute approximate surface area is 123 Å². The molecule has 0 unspecified atom stereocenters. The van der Waals surface area contributed by atoms with Gasteiger partial charge in [-0.3, -0.25) is 4.79 Å². The first-order valence-corrected chi connectivity index (χ1v) is 6.95. The SMILES string of the molecule is CNC(=S)N1CCC[C@@H]1C(=O)Nc1ccc(Cl)cc1. The van der Waals surface area contributed by atoms with E-state index in [0.717, 1.165) is 25.1 Å². The molecule has 1 aromatic rings. The summed E-state index contributed by atoms with van der Waals surface area (Å²) in [6.45, 7) is 0.818. The normalized spacial score (nSPS) is 18.2. The molecule has 2 rings (SSSR count). The zero-order valence-corrected chi connectivity index (χ0v) is 12.2. The Bertz CT molecular complexity index is 477. The van der Waals surface area contributed by atoms with E-state index in [0.29, 0.717) is 10.1 Å². The highest BCUT2D eigenvalue weighted by atomic mass is 35.5. The summed E-state index contributed by atoms with van der Waals surface area (Å²) in [6, 6.07) is 6.88. The van der Waals surface area contributed by atoms with E-state index in [1.165, 1.54) is 0 Å². The fourth-order valence-electron chi connectivity index (χ4n) is 2.18. The van der Waals surface area contributed by atoms with Crippen molar-refractivity contribution in [1.29, 1.82) is 0 Å². The number of nitrogens with zero attached hydrogens (tertiary/aromatic N) is 1. The molecule has 1 amide bonds. The predicted octanol–water partition coefficient (Wildman–Crippen LogP) is 2.25. The molecule has 1 saturated heterocycles. The molecule has 6 heteroatoms. The first kappa shape index (κ1) is 14.1. The van der Waals surface area contributed by atoms with Crippen molar-refractivity contribution in [2.75, 3.05) is 18.9 Å². The number of hydrogen-bond acceptors (Lipinski definition) is 2. The van der Waals surface area contributed by atoms with Crippen LogP contribution in [-0.2, 0) is 4.79 Å². The molecule has 0 aromatic heterocycles. The van der Waals surface area contributed by atoms with Crippen LogP contribution in [-0.4, -0.2) is 35.6 Å². The zero-order valence-electron chi connectivity index (χ0n) is 10.6. The predicted molar refractivity (Wildman–Crippen MR) is 81.5 cm³/mol. The minimum atomic E-state index is -0.198. The van der Waals surface area contributed by atoms with Crippen molar-refractivity contribution in [2.24, 2.45) is 0 Å². The Morgan fingerprint density at radius 1 is 1.42 bits per heavy atom. The van der Waals surface area contributed by atoms with Gasteiger partial charge in [0.15, 0.2) is 5.11 Å². The average Bonchev–Trinajstić information content (AvgIpc) is 2.90. The molecule has 2 N–H and O–H groups in total. The number of carbonyl (C=O) groups excluding carboxylic acids is 1. The third-order valence-corrected chi connectivity index (χ3v) is 3.83. The van der Waals surface area contributed by atoms with Gasteiger partial charge in [0.2, 0.25) is 5.91 Å². The van der Waals surface area contributed by atoms with E-state index in [1.807, 2.05) is 4.90 Å². The summed E-state index contributed by atoms with van der Waals surface area (Å²) in [6.07, 6.45) is 1.79. The molecule has 1 heterocycles. The second kappa shape index (κ2) is 6.21. The van der Waals surface area contributed by atoms with Gasteiger partial charge in [0.05, 0.1) is 0 Å². The number of rotatable bonds is 2. The van der Waals surface area contributed by atoms with Gasteiger partial charge >= 0.3 is 0 Å². The van der Waals surface area contributed by atoms with Crippen molar-refractivity contribution in [3.05, 3.63) is 29.3 Å². The van der Waals surface area contributed by atoms with Gasteiger partial charge in [0.25, 0.3) is 0 Å². The maximum absolute atomic E-state index is 12.3. The number of anilines is 1. The van der Waals surface area contributed by atoms with Crippen molar-refractivity contribution in [1.82, 2.24) is 10.2 Å². The molecular weight excluding hydrogens is 282 g/mol. The maximum Gasteiger partial charge on any atom is 0.247 e. The summed E-state index contributed by atoms with van der Waals surface area (Å²) in [4.78, 5) is 14.2. The first-order chi connectivity index (χ1) is 9.11. The molecule has 102 valence electrons. The van der Waals surface area contributed by atoms with Crippen molar-refractivity contribution < 1.29 is 4.79 Å². The summed E-state index contributed by atoms with van der Waals surface area (Å²) in [5, 5.41) is 7.09. The molecule has 0 saturated carbocycles. The van der Waals surface area contributed by atoms with E-state index in [2.05, 4.69) is 10.6 Å². The van der Waals surface area contributed by atoms with Gasteiger partial charge in [-0.1, -0.05) is 11.6 Å². The first-order valence-electron chi connectivity index (χ1n) is 6.16. The van der Waals surface area contributed by atoms with Crippen LogP contribution in [0.15, 0.2) is 24.3 Å². The standard InChI is InChI=1S/C13H16ClN3OS/c1-15-13(19)17-8-2-3-11(17)12(18)16-10-6-4-9(14)5-7-10/h4-7,11H,2-3,8H2,1H3,(H,15,19)(H,16,18)/t11-/m1/s1. The number of halogens is 1. The zero-order chi connectivity index (χ0) is 13.8. The van der Waals surface area contributed by atoms with Gasteiger partial charge in [-0.25, -0.2) is 0 Å².